The van der Waals surface area contributed by atoms with E-state index in [1.807, 2.05) is 0 Å². The van der Waals surface area contributed by atoms with Crippen molar-refractivity contribution in [3.63, 3.8) is 0 Å². The summed E-state index contributed by atoms with van der Waals surface area (Å²) in [5, 5.41) is 8.90. The number of fused-ring (bicyclic) bond motifs is 1. The molecule has 6 nitrogen and oxygen atoms in total. The maximum atomic E-state index is 13.5. The Hall–Kier alpha value is -2.97. The fourth-order valence-electron chi connectivity index (χ4n) is 3.09. The van der Waals surface area contributed by atoms with Crippen LogP contribution in [0.5, 0.6) is 0 Å². The van der Waals surface area contributed by atoms with Crippen LogP contribution in [-0.4, -0.2) is 18.0 Å². The van der Waals surface area contributed by atoms with Gasteiger partial charge in [0.25, 0.3) is 0 Å². The van der Waals surface area contributed by atoms with E-state index < -0.39 is 39.2 Å². The van der Waals surface area contributed by atoms with Crippen LogP contribution in [0, 0.1) is 17.1 Å². The lowest BCUT2D eigenvalue weighted by Gasteiger charge is -2.16. The van der Waals surface area contributed by atoms with Crippen molar-refractivity contribution in [1.29, 1.82) is 5.26 Å². The first kappa shape index (κ1) is 21.7. The molecule has 0 saturated heterocycles. The number of alkyl halides is 3. The predicted molar refractivity (Wildman–Crippen MR) is 100 cm³/mol. The standard InChI is InChI=1S/C19H16F4N4O2S/c1-3-27-17-9-13(19(21,22)23)4-7-16(17)25-18(27)11(2)26-30(28,29)14-5-6-15(20)12(8-14)10-24/h4-9,11,26H,3H2,1-2H3/t11-/m1/s1. The van der Waals surface area contributed by atoms with Gasteiger partial charge in [0.15, 0.2) is 0 Å². The Morgan fingerprint density at radius 1 is 1.23 bits per heavy atom. The highest BCUT2D eigenvalue weighted by Crippen LogP contribution is 2.32. The zero-order chi connectivity index (χ0) is 22.3. The van der Waals surface area contributed by atoms with Gasteiger partial charge in [-0.1, -0.05) is 0 Å². The number of benzene rings is 2. The Bertz CT molecular complexity index is 1260. The second-order valence-electron chi connectivity index (χ2n) is 6.51. The van der Waals surface area contributed by atoms with Crippen molar-refractivity contribution in [3.05, 3.63) is 59.2 Å². The average molecular weight is 440 g/mol. The molecule has 0 radical (unpaired) electrons. The van der Waals surface area contributed by atoms with Gasteiger partial charge in [-0.05, 0) is 50.2 Å². The molecule has 158 valence electrons. The molecule has 1 aromatic heterocycles. The Balaban J connectivity index is 2.00. The molecule has 11 heteroatoms. The van der Waals surface area contributed by atoms with Crippen LogP contribution >= 0.6 is 0 Å². The molecule has 0 amide bonds. The molecule has 0 saturated carbocycles. The molecule has 0 bridgehead atoms. The zero-order valence-corrected chi connectivity index (χ0v) is 16.6. The molecule has 3 aromatic rings. The lowest BCUT2D eigenvalue weighted by molar-refractivity contribution is -0.137. The van der Waals surface area contributed by atoms with E-state index in [4.69, 9.17) is 5.26 Å². The second kappa shape index (κ2) is 7.70. The van der Waals surface area contributed by atoms with E-state index in [1.54, 1.807) is 13.0 Å². The summed E-state index contributed by atoms with van der Waals surface area (Å²) in [5.41, 5.74) is -0.743. The van der Waals surface area contributed by atoms with Crippen molar-refractivity contribution in [2.24, 2.45) is 0 Å². The molecule has 0 aliphatic heterocycles. The van der Waals surface area contributed by atoms with Gasteiger partial charge in [-0.2, -0.15) is 18.4 Å². The third kappa shape index (κ3) is 4.01. The Labute approximate surface area is 169 Å². The number of nitrogens with zero attached hydrogens (tertiary/aromatic N) is 3. The Morgan fingerprint density at radius 2 is 1.93 bits per heavy atom. The van der Waals surface area contributed by atoms with Crippen LogP contribution in [-0.2, 0) is 22.7 Å². The average Bonchev–Trinajstić information content (AvgIpc) is 3.05. The Morgan fingerprint density at radius 3 is 2.53 bits per heavy atom. The Kier molecular flexibility index (Phi) is 5.58. The summed E-state index contributed by atoms with van der Waals surface area (Å²) in [6, 6.07) is 6.57. The largest absolute Gasteiger partial charge is 0.416 e. The highest BCUT2D eigenvalue weighted by atomic mass is 32.2. The number of rotatable bonds is 5. The monoisotopic (exact) mass is 440 g/mol. The maximum Gasteiger partial charge on any atom is 0.416 e. The van der Waals surface area contributed by atoms with Gasteiger partial charge < -0.3 is 4.57 Å². The number of hydrogen-bond acceptors (Lipinski definition) is 4. The number of aryl methyl sites for hydroxylation is 1. The molecule has 1 atom stereocenters. The van der Waals surface area contributed by atoms with Crippen LogP contribution < -0.4 is 4.72 Å². The number of aromatic nitrogens is 2. The first-order valence-corrected chi connectivity index (χ1v) is 10.3. The summed E-state index contributed by atoms with van der Waals surface area (Å²) >= 11 is 0. The minimum atomic E-state index is -4.52. The third-order valence-electron chi connectivity index (χ3n) is 4.51. The van der Waals surface area contributed by atoms with Crippen LogP contribution in [0.1, 0.15) is 36.8 Å². The fraction of sp³-hybridized carbons (Fsp3) is 0.263. The number of nitrogens with one attached hydrogen (secondary N) is 1. The molecule has 0 aliphatic carbocycles. The lowest BCUT2D eigenvalue weighted by atomic mass is 10.2. The topological polar surface area (TPSA) is 87.8 Å². The van der Waals surface area contributed by atoms with Gasteiger partial charge in [0.05, 0.1) is 33.1 Å². The van der Waals surface area contributed by atoms with Gasteiger partial charge in [-0.15, -0.1) is 0 Å². The molecule has 0 fully saturated rings. The second-order valence-corrected chi connectivity index (χ2v) is 8.23. The van der Waals surface area contributed by atoms with E-state index in [1.165, 1.54) is 17.6 Å². The summed E-state index contributed by atoms with van der Waals surface area (Å²) < 4.78 is 81.8. The van der Waals surface area contributed by atoms with Gasteiger partial charge in [-0.3, -0.25) is 0 Å². The quantitative estimate of drug-likeness (QED) is 0.605. The van der Waals surface area contributed by atoms with E-state index in [-0.39, 0.29) is 22.8 Å². The van der Waals surface area contributed by atoms with Crippen molar-refractivity contribution in [2.75, 3.05) is 0 Å². The van der Waals surface area contributed by atoms with E-state index in [0.29, 0.717) is 5.52 Å². The maximum absolute atomic E-state index is 13.5. The first-order chi connectivity index (χ1) is 14.0. The van der Waals surface area contributed by atoms with Crippen LogP contribution in [0.4, 0.5) is 17.6 Å². The van der Waals surface area contributed by atoms with Crippen LogP contribution in [0.3, 0.4) is 0 Å². The number of sulfonamides is 1. The van der Waals surface area contributed by atoms with Gasteiger partial charge >= 0.3 is 6.18 Å². The highest BCUT2D eigenvalue weighted by molar-refractivity contribution is 7.89. The van der Waals surface area contributed by atoms with Crippen LogP contribution in [0.2, 0.25) is 0 Å². The lowest BCUT2D eigenvalue weighted by Crippen LogP contribution is -2.29. The van der Waals surface area contributed by atoms with E-state index in [2.05, 4.69) is 9.71 Å². The van der Waals surface area contributed by atoms with Gasteiger partial charge in [-0.25, -0.2) is 22.5 Å². The van der Waals surface area contributed by atoms with Crippen molar-refractivity contribution >= 4 is 21.1 Å². The number of halogens is 4. The molecule has 3 rings (SSSR count). The molecular formula is C19H16F4N4O2S. The van der Waals surface area contributed by atoms with Gasteiger partial charge in [0.2, 0.25) is 10.0 Å². The summed E-state index contributed by atoms with van der Waals surface area (Å²) in [4.78, 5) is 3.97. The smallest absolute Gasteiger partial charge is 0.327 e. The zero-order valence-electron chi connectivity index (χ0n) is 15.8. The van der Waals surface area contributed by atoms with Gasteiger partial charge in [0, 0.05) is 6.54 Å². The van der Waals surface area contributed by atoms with Crippen LogP contribution in [0.15, 0.2) is 41.3 Å². The summed E-state index contributed by atoms with van der Waals surface area (Å²) in [6.07, 6.45) is -4.52. The third-order valence-corrected chi connectivity index (χ3v) is 6.05. The summed E-state index contributed by atoms with van der Waals surface area (Å²) in [6.45, 7) is 3.45. The van der Waals surface area contributed by atoms with Crippen molar-refractivity contribution in [1.82, 2.24) is 14.3 Å². The van der Waals surface area contributed by atoms with Crippen LogP contribution in [0.25, 0.3) is 11.0 Å². The van der Waals surface area contributed by atoms with Crippen molar-refractivity contribution in [3.8, 4) is 6.07 Å². The molecule has 30 heavy (non-hydrogen) atoms. The molecule has 1 N–H and O–H groups in total. The number of nitriles is 1. The summed E-state index contributed by atoms with van der Waals surface area (Å²) in [7, 11) is -4.15. The number of imidazole rings is 1. The highest BCUT2D eigenvalue weighted by Gasteiger charge is 2.31. The van der Waals surface area contributed by atoms with E-state index in [0.717, 1.165) is 30.3 Å². The number of hydrogen-bond donors (Lipinski definition) is 1. The molecule has 0 spiro atoms. The molecule has 0 aliphatic rings. The predicted octanol–water partition coefficient (Wildman–Crippen LogP) is 4.13. The van der Waals surface area contributed by atoms with Crippen molar-refractivity contribution in [2.45, 2.75) is 37.5 Å². The van der Waals surface area contributed by atoms with Gasteiger partial charge in [0.1, 0.15) is 17.7 Å². The molecule has 1 heterocycles. The molecular weight excluding hydrogens is 424 g/mol. The van der Waals surface area contributed by atoms with E-state index >= 15 is 0 Å². The SMILES string of the molecule is CCn1c([C@@H](C)NS(=O)(=O)c2ccc(F)c(C#N)c2)nc2ccc(C(F)(F)F)cc21. The minimum absolute atomic E-state index is 0.220. The molecule has 2 aromatic carbocycles. The fourth-order valence-corrected chi connectivity index (χ4v) is 4.32. The minimum Gasteiger partial charge on any atom is -0.327 e. The van der Waals surface area contributed by atoms with Crippen molar-refractivity contribution < 1.29 is 26.0 Å². The van der Waals surface area contributed by atoms with E-state index in [9.17, 15) is 26.0 Å². The summed E-state index contributed by atoms with van der Waals surface area (Å²) in [5.74, 6) is -0.629. The first-order valence-electron chi connectivity index (χ1n) is 8.77. The normalized spacial score (nSPS) is 13.4. The molecule has 0 unspecified atom stereocenters.